The van der Waals surface area contributed by atoms with E-state index in [-0.39, 0.29) is 0 Å². The summed E-state index contributed by atoms with van der Waals surface area (Å²) < 4.78 is 23.6. The lowest BCUT2D eigenvalue weighted by molar-refractivity contribution is 0.915. The highest BCUT2D eigenvalue weighted by Gasteiger charge is 2.05. The van der Waals surface area contributed by atoms with Gasteiger partial charge in [0.15, 0.2) is 5.13 Å². The second-order valence-corrected chi connectivity index (χ2v) is 5.41. The van der Waals surface area contributed by atoms with Crippen LogP contribution < -0.4 is 4.90 Å². The van der Waals surface area contributed by atoms with Crippen LogP contribution in [0.3, 0.4) is 0 Å². The minimum absolute atomic E-state index is 0.317. The van der Waals surface area contributed by atoms with Gasteiger partial charge in [-0.15, -0.1) is 0 Å². The molecule has 0 unspecified atom stereocenters. The van der Waals surface area contributed by atoms with Crippen molar-refractivity contribution in [2.75, 3.05) is 11.9 Å². The molecule has 0 aliphatic carbocycles. The van der Waals surface area contributed by atoms with Gasteiger partial charge in [-0.1, -0.05) is 41.7 Å². The molecule has 1 aromatic carbocycles. The standard InChI is InChI=1S/C11H11BrN2S/c1-14(11-13-7-10(12)15-11)8-9-5-3-2-4-6-9/h2-7H,8H2,1H3/i1D3. The van der Waals surface area contributed by atoms with E-state index in [1.54, 1.807) is 6.20 Å². The maximum absolute atomic E-state index is 7.60. The number of anilines is 1. The monoisotopic (exact) mass is 285 g/mol. The van der Waals surface area contributed by atoms with Crippen LogP contribution in [0.1, 0.15) is 9.68 Å². The number of halogens is 1. The minimum Gasteiger partial charge on any atom is -0.347 e. The van der Waals surface area contributed by atoms with Gasteiger partial charge >= 0.3 is 0 Å². The van der Waals surface area contributed by atoms with Crippen LogP contribution >= 0.6 is 27.3 Å². The van der Waals surface area contributed by atoms with Crippen molar-refractivity contribution in [1.82, 2.24) is 4.98 Å². The summed E-state index contributed by atoms with van der Waals surface area (Å²) in [6, 6.07) is 9.50. The number of thiazole rings is 1. The maximum Gasteiger partial charge on any atom is 0.186 e. The number of hydrogen-bond donors (Lipinski definition) is 0. The van der Waals surface area contributed by atoms with Gasteiger partial charge in [0.25, 0.3) is 0 Å². The Bertz CT molecular complexity index is 513. The van der Waals surface area contributed by atoms with Crippen molar-refractivity contribution in [2.24, 2.45) is 0 Å². The van der Waals surface area contributed by atoms with Crippen molar-refractivity contribution in [2.45, 2.75) is 6.54 Å². The van der Waals surface area contributed by atoms with E-state index < -0.39 is 6.98 Å². The highest BCUT2D eigenvalue weighted by Crippen LogP contribution is 2.26. The van der Waals surface area contributed by atoms with Crippen molar-refractivity contribution >= 4 is 32.4 Å². The third-order valence-corrected chi connectivity index (χ3v) is 3.38. The average Bonchev–Trinajstić information content (AvgIpc) is 2.72. The molecule has 2 rings (SSSR count). The van der Waals surface area contributed by atoms with Crippen LogP contribution in [-0.4, -0.2) is 12.0 Å². The maximum atomic E-state index is 7.60. The van der Waals surface area contributed by atoms with Crippen LogP contribution in [0.4, 0.5) is 5.13 Å². The number of hydrogen-bond acceptors (Lipinski definition) is 3. The lowest BCUT2D eigenvalue weighted by Crippen LogP contribution is -2.15. The topological polar surface area (TPSA) is 16.1 Å². The van der Waals surface area contributed by atoms with E-state index >= 15 is 0 Å². The normalized spacial score (nSPS) is 14.1. The van der Waals surface area contributed by atoms with Crippen LogP contribution in [0.15, 0.2) is 40.3 Å². The molecule has 1 heterocycles. The molecule has 0 saturated heterocycles. The van der Waals surface area contributed by atoms with Gasteiger partial charge in [0.1, 0.15) is 0 Å². The van der Waals surface area contributed by atoms with E-state index in [2.05, 4.69) is 20.9 Å². The van der Waals surface area contributed by atoms with Gasteiger partial charge in [0.05, 0.1) is 9.98 Å². The van der Waals surface area contributed by atoms with Crippen LogP contribution in [0.2, 0.25) is 0 Å². The largest absolute Gasteiger partial charge is 0.347 e. The van der Waals surface area contributed by atoms with Gasteiger partial charge in [-0.2, -0.15) is 0 Å². The first-order valence-electron chi connectivity index (χ1n) is 5.90. The smallest absolute Gasteiger partial charge is 0.186 e. The Morgan fingerprint density at radius 1 is 1.47 bits per heavy atom. The van der Waals surface area contributed by atoms with E-state index in [9.17, 15) is 0 Å². The van der Waals surface area contributed by atoms with E-state index in [1.165, 1.54) is 16.2 Å². The third kappa shape index (κ3) is 2.79. The first-order chi connectivity index (χ1) is 8.47. The molecule has 0 fully saturated rings. The highest BCUT2D eigenvalue weighted by molar-refractivity contribution is 9.11. The van der Waals surface area contributed by atoms with E-state index in [0.29, 0.717) is 11.7 Å². The van der Waals surface area contributed by atoms with Crippen LogP contribution in [0.25, 0.3) is 0 Å². The van der Waals surface area contributed by atoms with Gasteiger partial charge in [0, 0.05) is 17.6 Å². The molecule has 0 radical (unpaired) electrons. The predicted molar refractivity (Wildman–Crippen MR) is 68.4 cm³/mol. The number of nitrogens with zero attached hydrogens (tertiary/aromatic N) is 2. The molecular formula is C11H11BrN2S. The van der Waals surface area contributed by atoms with Crippen LogP contribution in [0.5, 0.6) is 0 Å². The zero-order valence-corrected chi connectivity index (χ0v) is 10.3. The molecule has 0 saturated carbocycles. The second-order valence-electron chi connectivity index (χ2n) is 3.02. The van der Waals surface area contributed by atoms with Gasteiger partial charge in [0.2, 0.25) is 0 Å². The van der Waals surface area contributed by atoms with Gasteiger partial charge in [-0.3, -0.25) is 0 Å². The average molecular weight is 286 g/mol. The Labute approximate surface area is 106 Å². The zero-order valence-electron chi connectivity index (χ0n) is 10.9. The molecule has 0 spiro atoms. The SMILES string of the molecule is [2H]C([2H])([2H])N(Cc1ccccc1)c1ncc(Br)s1. The summed E-state index contributed by atoms with van der Waals surface area (Å²) in [6.45, 7) is -1.88. The second kappa shape index (κ2) is 4.77. The fourth-order valence-electron chi connectivity index (χ4n) is 1.20. The first-order valence-corrected chi connectivity index (χ1v) is 6.00. The number of rotatable bonds is 3. The van der Waals surface area contributed by atoms with Crippen molar-refractivity contribution in [3.05, 3.63) is 45.9 Å². The van der Waals surface area contributed by atoms with Crippen molar-refractivity contribution in [1.29, 1.82) is 0 Å². The Kier molecular flexibility index (Phi) is 2.36. The number of benzene rings is 1. The molecule has 15 heavy (non-hydrogen) atoms. The van der Waals surface area contributed by atoms with Crippen LogP contribution in [0, 0.1) is 0 Å². The van der Waals surface area contributed by atoms with Gasteiger partial charge in [-0.05, 0) is 21.5 Å². The zero-order chi connectivity index (χ0) is 13.2. The van der Waals surface area contributed by atoms with Crippen molar-refractivity contribution in [3.63, 3.8) is 0 Å². The van der Waals surface area contributed by atoms with E-state index in [1.807, 2.05) is 30.3 Å². The molecule has 0 N–H and O–H groups in total. The highest BCUT2D eigenvalue weighted by atomic mass is 79.9. The van der Waals surface area contributed by atoms with Crippen molar-refractivity contribution in [3.8, 4) is 0 Å². The molecule has 0 aliphatic rings. The first kappa shape index (κ1) is 7.41. The molecular weight excluding hydrogens is 272 g/mol. The molecule has 0 atom stereocenters. The quantitative estimate of drug-likeness (QED) is 0.858. The molecule has 0 bridgehead atoms. The Morgan fingerprint density at radius 2 is 2.27 bits per heavy atom. The minimum atomic E-state index is -2.20. The predicted octanol–water partition coefficient (Wildman–Crippen LogP) is 3.54. The van der Waals surface area contributed by atoms with E-state index in [0.717, 1.165) is 9.35 Å². The lowest BCUT2D eigenvalue weighted by atomic mass is 10.2. The molecule has 4 heteroatoms. The molecule has 0 amide bonds. The van der Waals surface area contributed by atoms with Crippen LogP contribution in [-0.2, 0) is 6.54 Å². The summed E-state index contributed by atoms with van der Waals surface area (Å²) in [5.74, 6) is 0. The third-order valence-electron chi connectivity index (χ3n) is 1.88. The Hall–Kier alpha value is -0.870. The fourth-order valence-corrected chi connectivity index (χ4v) is 2.30. The Morgan fingerprint density at radius 3 is 2.87 bits per heavy atom. The number of aromatic nitrogens is 1. The van der Waals surface area contributed by atoms with E-state index in [4.69, 9.17) is 4.11 Å². The van der Waals surface area contributed by atoms with Gasteiger partial charge in [-0.25, -0.2) is 4.98 Å². The summed E-state index contributed by atoms with van der Waals surface area (Å²) in [6.07, 6.45) is 1.61. The summed E-state index contributed by atoms with van der Waals surface area (Å²) in [7, 11) is 0. The summed E-state index contributed by atoms with van der Waals surface area (Å²) in [5.41, 5.74) is 0.944. The molecule has 1 aromatic heterocycles. The Balaban J connectivity index is 2.27. The van der Waals surface area contributed by atoms with Gasteiger partial charge < -0.3 is 4.90 Å². The van der Waals surface area contributed by atoms with Crippen molar-refractivity contribution < 1.29 is 4.11 Å². The summed E-state index contributed by atoms with van der Waals surface area (Å²) in [5, 5.41) is 0.491. The fraction of sp³-hybridized carbons (Fsp3) is 0.182. The molecule has 78 valence electrons. The lowest BCUT2D eigenvalue weighted by Gasteiger charge is -2.15. The summed E-state index contributed by atoms with van der Waals surface area (Å²) in [4.78, 5) is 5.45. The molecule has 2 aromatic rings. The molecule has 2 nitrogen and oxygen atoms in total. The molecule has 0 aliphatic heterocycles. The summed E-state index contributed by atoms with van der Waals surface area (Å²) >= 11 is 4.61.